The SMILES string of the molecule is NC(=O)c1ccc(-c2ccccc2)c(OCCCBr)c1. The van der Waals surface area contributed by atoms with Crippen LogP contribution in [0.5, 0.6) is 5.75 Å². The Morgan fingerprint density at radius 3 is 2.55 bits per heavy atom. The van der Waals surface area contributed by atoms with Crippen molar-refractivity contribution in [3.8, 4) is 16.9 Å². The molecule has 0 saturated heterocycles. The van der Waals surface area contributed by atoms with E-state index >= 15 is 0 Å². The van der Waals surface area contributed by atoms with Crippen LogP contribution in [0.2, 0.25) is 0 Å². The number of carbonyl (C=O) groups is 1. The molecule has 0 aliphatic carbocycles. The van der Waals surface area contributed by atoms with Crippen LogP contribution in [0, 0.1) is 0 Å². The summed E-state index contributed by atoms with van der Waals surface area (Å²) in [5, 5.41) is 0.878. The van der Waals surface area contributed by atoms with E-state index in [0.29, 0.717) is 17.9 Å². The van der Waals surface area contributed by atoms with Gasteiger partial charge in [0, 0.05) is 16.5 Å². The van der Waals surface area contributed by atoms with E-state index in [0.717, 1.165) is 22.9 Å². The van der Waals surface area contributed by atoms with Crippen LogP contribution >= 0.6 is 15.9 Å². The Morgan fingerprint density at radius 2 is 1.90 bits per heavy atom. The number of primary amides is 1. The summed E-state index contributed by atoms with van der Waals surface area (Å²) in [6.45, 7) is 0.591. The van der Waals surface area contributed by atoms with Gasteiger partial charge in [-0.05, 0) is 30.2 Å². The van der Waals surface area contributed by atoms with E-state index in [4.69, 9.17) is 10.5 Å². The van der Waals surface area contributed by atoms with Crippen molar-refractivity contribution in [1.29, 1.82) is 0 Å². The third-order valence-electron chi connectivity index (χ3n) is 2.89. The van der Waals surface area contributed by atoms with Crippen LogP contribution in [0.15, 0.2) is 48.5 Å². The van der Waals surface area contributed by atoms with E-state index in [1.807, 2.05) is 36.4 Å². The molecule has 0 fully saturated rings. The van der Waals surface area contributed by atoms with Gasteiger partial charge in [0.15, 0.2) is 0 Å². The number of alkyl halides is 1. The molecule has 0 aromatic heterocycles. The van der Waals surface area contributed by atoms with Crippen molar-refractivity contribution in [2.75, 3.05) is 11.9 Å². The van der Waals surface area contributed by atoms with Crippen molar-refractivity contribution in [1.82, 2.24) is 0 Å². The summed E-state index contributed by atoms with van der Waals surface area (Å²) in [5.41, 5.74) is 7.80. The molecule has 2 N–H and O–H groups in total. The Labute approximate surface area is 126 Å². The normalized spacial score (nSPS) is 10.2. The largest absolute Gasteiger partial charge is 0.493 e. The molecule has 1 amide bonds. The summed E-state index contributed by atoms with van der Waals surface area (Å²) in [7, 11) is 0. The number of amides is 1. The number of ether oxygens (including phenoxy) is 1. The fourth-order valence-electron chi connectivity index (χ4n) is 1.89. The number of rotatable bonds is 6. The van der Waals surface area contributed by atoms with Gasteiger partial charge in [0.2, 0.25) is 5.91 Å². The van der Waals surface area contributed by atoms with E-state index in [-0.39, 0.29) is 0 Å². The Hall–Kier alpha value is -1.81. The number of halogens is 1. The second kappa shape index (κ2) is 7.10. The zero-order valence-electron chi connectivity index (χ0n) is 11.0. The second-order valence-corrected chi connectivity index (χ2v) is 5.13. The number of nitrogens with two attached hydrogens (primary N) is 1. The monoisotopic (exact) mass is 333 g/mol. The molecule has 0 radical (unpaired) electrons. The molecule has 0 saturated carbocycles. The lowest BCUT2D eigenvalue weighted by Crippen LogP contribution is -2.11. The molecule has 0 unspecified atom stereocenters. The molecule has 2 aromatic rings. The van der Waals surface area contributed by atoms with Gasteiger partial charge in [0.1, 0.15) is 5.75 Å². The third-order valence-corrected chi connectivity index (χ3v) is 3.45. The number of benzene rings is 2. The smallest absolute Gasteiger partial charge is 0.248 e. The van der Waals surface area contributed by atoms with Crippen LogP contribution in [-0.2, 0) is 0 Å². The van der Waals surface area contributed by atoms with Gasteiger partial charge in [-0.1, -0.05) is 46.3 Å². The summed E-state index contributed by atoms with van der Waals surface area (Å²) in [5.74, 6) is 0.239. The highest BCUT2D eigenvalue weighted by Gasteiger charge is 2.10. The lowest BCUT2D eigenvalue weighted by Gasteiger charge is -2.12. The Balaban J connectivity index is 2.37. The summed E-state index contributed by atoms with van der Waals surface area (Å²) in [4.78, 5) is 11.3. The molecule has 20 heavy (non-hydrogen) atoms. The highest BCUT2D eigenvalue weighted by Crippen LogP contribution is 2.31. The predicted octanol–water partition coefficient (Wildman–Crippen LogP) is 3.62. The topological polar surface area (TPSA) is 52.3 Å². The maximum absolute atomic E-state index is 11.3. The van der Waals surface area contributed by atoms with Gasteiger partial charge in [-0.3, -0.25) is 4.79 Å². The van der Waals surface area contributed by atoms with Crippen molar-refractivity contribution in [2.24, 2.45) is 5.73 Å². The number of hydrogen-bond donors (Lipinski definition) is 1. The first kappa shape index (κ1) is 14.6. The zero-order chi connectivity index (χ0) is 14.4. The highest BCUT2D eigenvalue weighted by molar-refractivity contribution is 9.09. The first-order valence-corrected chi connectivity index (χ1v) is 7.52. The zero-order valence-corrected chi connectivity index (χ0v) is 12.6. The van der Waals surface area contributed by atoms with Crippen LogP contribution in [-0.4, -0.2) is 17.8 Å². The van der Waals surface area contributed by atoms with Crippen molar-refractivity contribution < 1.29 is 9.53 Å². The van der Waals surface area contributed by atoms with Crippen molar-refractivity contribution in [2.45, 2.75) is 6.42 Å². The van der Waals surface area contributed by atoms with Crippen molar-refractivity contribution >= 4 is 21.8 Å². The molecular weight excluding hydrogens is 318 g/mol. The lowest BCUT2D eigenvalue weighted by atomic mass is 10.0. The van der Waals surface area contributed by atoms with E-state index in [2.05, 4.69) is 15.9 Å². The molecule has 104 valence electrons. The quantitative estimate of drug-likeness (QED) is 0.648. The number of hydrogen-bond acceptors (Lipinski definition) is 2. The second-order valence-electron chi connectivity index (χ2n) is 4.33. The molecule has 0 aliphatic rings. The first-order chi connectivity index (χ1) is 9.72. The fraction of sp³-hybridized carbons (Fsp3) is 0.188. The summed E-state index contributed by atoms with van der Waals surface area (Å²) in [6, 6.07) is 15.2. The van der Waals surface area contributed by atoms with E-state index in [1.165, 1.54) is 0 Å². The highest BCUT2D eigenvalue weighted by atomic mass is 79.9. The van der Waals surface area contributed by atoms with Gasteiger partial charge in [-0.25, -0.2) is 0 Å². The molecule has 0 spiro atoms. The molecule has 2 aromatic carbocycles. The van der Waals surface area contributed by atoms with Crippen LogP contribution < -0.4 is 10.5 Å². The average Bonchev–Trinajstić information content (AvgIpc) is 2.48. The van der Waals surface area contributed by atoms with E-state index in [1.54, 1.807) is 12.1 Å². The summed E-state index contributed by atoms with van der Waals surface area (Å²) < 4.78 is 5.79. The lowest BCUT2D eigenvalue weighted by molar-refractivity contribution is 0.1000. The Bertz CT molecular complexity index is 584. The van der Waals surface area contributed by atoms with Crippen molar-refractivity contribution in [3.63, 3.8) is 0 Å². The van der Waals surface area contributed by atoms with Gasteiger partial charge in [-0.2, -0.15) is 0 Å². The molecule has 3 nitrogen and oxygen atoms in total. The van der Waals surface area contributed by atoms with E-state index in [9.17, 15) is 4.79 Å². The summed E-state index contributed by atoms with van der Waals surface area (Å²) in [6.07, 6.45) is 0.898. The van der Waals surface area contributed by atoms with Gasteiger partial charge in [0.25, 0.3) is 0 Å². The molecule has 2 rings (SSSR count). The minimum Gasteiger partial charge on any atom is -0.493 e. The molecular formula is C16H16BrNO2. The fourth-order valence-corrected chi connectivity index (χ4v) is 2.12. The van der Waals surface area contributed by atoms with Crippen LogP contribution in [0.1, 0.15) is 16.8 Å². The number of carbonyl (C=O) groups excluding carboxylic acids is 1. The molecule has 0 atom stereocenters. The molecule has 0 heterocycles. The maximum Gasteiger partial charge on any atom is 0.248 e. The Morgan fingerprint density at radius 1 is 1.15 bits per heavy atom. The third kappa shape index (κ3) is 3.61. The van der Waals surface area contributed by atoms with Crippen molar-refractivity contribution in [3.05, 3.63) is 54.1 Å². The van der Waals surface area contributed by atoms with Gasteiger partial charge in [-0.15, -0.1) is 0 Å². The minimum atomic E-state index is -0.449. The van der Waals surface area contributed by atoms with Gasteiger partial charge < -0.3 is 10.5 Å². The van der Waals surface area contributed by atoms with E-state index < -0.39 is 5.91 Å². The molecule has 4 heteroatoms. The maximum atomic E-state index is 11.3. The average molecular weight is 334 g/mol. The Kier molecular flexibility index (Phi) is 5.18. The standard InChI is InChI=1S/C16H16BrNO2/c17-9-4-10-20-15-11-13(16(18)19)7-8-14(15)12-5-2-1-3-6-12/h1-3,5-8,11H,4,9-10H2,(H2,18,19). The molecule has 0 aliphatic heterocycles. The van der Waals surface area contributed by atoms with Gasteiger partial charge in [0.05, 0.1) is 6.61 Å². The predicted molar refractivity (Wildman–Crippen MR) is 84.3 cm³/mol. The summed E-state index contributed by atoms with van der Waals surface area (Å²) >= 11 is 3.37. The minimum absolute atomic E-state index is 0.449. The first-order valence-electron chi connectivity index (χ1n) is 6.40. The van der Waals surface area contributed by atoms with Gasteiger partial charge >= 0.3 is 0 Å². The van der Waals surface area contributed by atoms with Crippen LogP contribution in [0.4, 0.5) is 0 Å². The molecule has 0 bridgehead atoms. The van der Waals surface area contributed by atoms with Crippen LogP contribution in [0.25, 0.3) is 11.1 Å². The van der Waals surface area contributed by atoms with Crippen LogP contribution in [0.3, 0.4) is 0 Å².